The van der Waals surface area contributed by atoms with Crippen molar-refractivity contribution in [2.24, 2.45) is 5.10 Å². The van der Waals surface area contributed by atoms with E-state index in [9.17, 15) is 23.1 Å². The third-order valence-corrected chi connectivity index (χ3v) is 4.54. The van der Waals surface area contributed by atoms with Crippen LogP contribution in [0.2, 0.25) is 5.02 Å². The number of aromatic nitrogens is 2. The Morgan fingerprint density at radius 1 is 1.42 bits per heavy atom. The van der Waals surface area contributed by atoms with Gasteiger partial charge in [-0.25, -0.2) is 0 Å². The Morgan fingerprint density at radius 3 is 2.42 bits per heavy atom. The minimum Gasteiger partial charge on any atom is -0.362 e. The van der Waals surface area contributed by atoms with E-state index < -0.39 is 30.3 Å². The normalized spacial score (nSPS) is 22.7. The Balaban J connectivity index is 2.46. The van der Waals surface area contributed by atoms with E-state index in [1.54, 1.807) is 20.8 Å². The fourth-order valence-corrected chi connectivity index (χ4v) is 2.84. The lowest BCUT2D eigenvalue weighted by atomic mass is 10.1. The molecule has 0 radical (unpaired) electrons. The second-order valence-corrected chi connectivity index (χ2v) is 6.21. The third kappa shape index (κ3) is 2.79. The number of carbonyl (C=O) groups is 1. The molecule has 0 aliphatic carbocycles. The van der Waals surface area contributed by atoms with Gasteiger partial charge in [0.2, 0.25) is 0 Å². The van der Waals surface area contributed by atoms with Gasteiger partial charge in [0, 0.05) is 12.1 Å². The molecular formula is C14H18ClF3N4O2. The first-order valence-electron chi connectivity index (χ1n) is 7.32. The minimum absolute atomic E-state index is 0.0180. The molecule has 2 rings (SSSR count). The smallest absolute Gasteiger partial charge is 0.362 e. The van der Waals surface area contributed by atoms with E-state index in [1.807, 2.05) is 0 Å². The van der Waals surface area contributed by atoms with Crippen molar-refractivity contribution in [1.82, 2.24) is 14.8 Å². The fourth-order valence-electron chi connectivity index (χ4n) is 2.71. The molecule has 1 aromatic rings. The zero-order valence-electron chi connectivity index (χ0n) is 13.6. The van der Waals surface area contributed by atoms with Crippen LogP contribution in [-0.2, 0) is 4.79 Å². The van der Waals surface area contributed by atoms with Gasteiger partial charge >= 0.3 is 6.18 Å². The number of hydrogen-bond acceptors (Lipinski definition) is 4. The molecule has 24 heavy (non-hydrogen) atoms. The molecule has 1 aliphatic heterocycles. The monoisotopic (exact) mass is 366 g/mol. The summed E-state index contributed by atoms with van der Waals surface area (Å²) in [6.07, 6.45) is -5.65. The number of amides is 1. The molecule has 0 unspecified atom stereocenters. The molecule has 1 aromatic heterocycles. The Labute approximate surface area is 141 Å². The maximum atomic E-state index is 13.3. The quantitative estimate of drug-likeness (QED) is 0.894. The van der Waals surface area contributed by atoms with E-state index in [2.05, 4.69) is 10.2 Å². The van der Waals surface area contributed by atoms with Gasteiger partial charge in [0.1, 0.15) is 6.04 Å². The van der Waals surface area contributed by atoms with Crippen LogP contribution >= 0.6 is 11.6 Å². The zero-order chi connectivity index (χ0) is 18.4. The summed E-state index contributed by atoms with van der Waals surface area (Å²) in [5.74, 6) is -0.989. The maximum Gasteiger partial charge on any atom is 0.438 e. The highest BCUT2D eigenvalue weighted by atomic mass is 35.5. The summed E-state index contributed by atoms with van der Waals surface area (Å²) in [7, 11) is 0. The third-order valence-electron chi connectivity index (χ3n) is 3.99. The summed E-state index contributed by atoms with van der Waals surface area (Å²) in [5, 5.41) is 18.3. The number of hydrazone groups is 1. The number of carbonyl (C=O) groups excluding carboxylic acids is 1. The van der Waals surface area contributed by atoms with Gasteiger partial charge in [-0.05, 0) is 27.2 Å². The van der Waals surface area contributed by atoms with Crippen LogP contribution in [0.5, 0.6) is 0 Å². The summed E-state index contributed by atoms with van der Waals surface area (Å²) in [5.41, 5.74) is -2.40. The number of alkyl halides is 3. The van der Waals surface area contributed by atoms with E-state index in [4.69, 9.17) is 11.6 Å². The van der Waals surface area contributed by atoms with E-state index in [0.29, 0.717) is 16.4 Å². The molecule has 0 fully saturated rings. The first-order valence-corrected chi connectivity index (χ1v) is 7.70. The van der Waals surface area contributed by atoms with Gasteiger partial charge in [0.25, 0.3) is 11.6 Å². The molecule has 2 heterocycles. The molecule has 0 bridgehead atoms. The largest absolute Gasteiger partial charge is 0.438 e. The van der Waals surface area contributed by atoms with Gasteiger partial charge in [-0.15, -0.1) is 0 Å². The molecule has 0 aromatic carbocycles. The van der Waals surface area contributed by atoms with Gasteiger partial charge in [0.15, 0.2) is 0 Å². The molecule has 134 valence electrons. The molecule has 10 heteroatoms. The molecular weight excluding hydrogens is 349 g/mol. The predicted molar refractivity (Wildman–Crippen MR) is 81.6 cm³/mol. The number of halogens is 4. The van der Waals surface area contributed by atoms with Crippen molar-refractivity contribution < 1.29 is 23.1 Å². The molecule has 1 aliphatic rings. The van der Waals surface area contributed by atoms with Crippen LogP contribution in [0.15, 0.2) is 5.10 Å². The zero-order valence-corrected chi connectivity index (χ0v) is 14.4. The number of aliphatic hydroxyl groups is 1. The second-order valence-electron chi connectivity index (χ2n) is 5.83. The summed E-state index contributed by atoms with van der Waals surface area (Å²) in [4.78, 5) is 12.7. The van der Waals surface area contributed by atoms with Crippen LogP contribution in [0.4, 0.5) is 13.2 Å². The van der Waals surface area contributed by atoms with Crippen LogP contribution in [0.1, 0.15) is 44.1 Å². The predicted octanol–water partition coefficient (Wildman–Crippen LogP) is 2.96. The average molecular weight is 367 g/mol. The Hall–Kier alpha value is -1.61. The molecule has 0 saturated carbocycles. The van der Waals surface area contributed by atoms with Crippen molar-refractivity contribution in [2.45, 2.75) is 58.5 Å². The first kappa shape index (κ1) is 18.7. The van der Waals surface area contributed by atoms with Crippen LogP contribution < -0.4 is 0 Å². The molecule has 0 saturated heterocycles. The molecule has 1 N–H and O–H groups in total. The lowest BCUT2D eigenvalue weighted by Gasteiger charge is -2.34. The number of rotatable bonds is 3. The van der Waals surface area contributed by atoms with Crippen LogP contribution in [0, 0.1) is 13.8 Å². The molecule has 0 spiro atoms. The highest BCUT2D eigenvalue weighted by Gasteiger charge is 2.63. The van der Waals surface area contributed by atoms with E-state index >= 15 is 0 Å². The van der Waals surface area contributed by atoms with Crippen LogP contribution in [0.3, 0.4) is 0 Å². The lowest BCUT2D eigenvalue weighted by Crippen LogP contribution is -2.58. The number of hydrogen-bond donors (Lipinski definition) is 1. The van der Waals surface area contributed by atoms with Gasteiger partial charge < -0.3 is 5.11 Å². The Kier molecular flexibility index (Phi) is 4.71. The summed E-state index contributed by atoms with van der Waals surface area (Å²) < 4.78 is 41.1. The highest BCUT2D eigenvalue weighted by molar-refractivity contribution is 6.31. The van der Waals surface area contributed by atoms with E-state index in [1.165, 1.54) is 11.6 Å². The maximum absolute atomic E-state index is 13.3. The van der Waals surface area contributed by atoms with Gasteiger partial charge in [-0.2, -0.15) is 28.4 Å². The van der Waals surface area contributed by atoms with Gasteiger partial charge in [-0.1, -0.05) is 18.5 Å². The molecule has 6 nitrogen and oxygen atoms in total. The van der Waals surface area contributed by atoms with Crippen molar-refractivity contribution in [3.63, 3.8) is 0 Å². The van der Waals surface area contributed by atoms with Crippen LogP contribution in [-0.4, -0.2) is 43.4 Å². The van der Waals surface area contributed by atoms with Crippen molar-refractivity contribution in [1.29, 1.82) is 0 Å². The van der Waals surface area contributed by atoms with Crippen molar-refractivity contribution in [3.05, 3.63) is 16.4 Å². The van der Waals surface area contributed by atoms with E-state index in [0.717, 1.165) is 0 Å². The Morgan fingerprint density at radius 2 is 2.00 bits per heavy atom. The van der Waals surface area contributed by atoms with Crippen molar-refractivity contribution in [3.8, 4) is 0 Å². The summed E-state index contributed by atoms with van der Waals surface area (Å²) in [6.45, 7) is 6.21. The molecule has 2 atom stereocenters. The summed E-state index contributed by atoms with van der Waals surface area (Å²) >= 11 is 6.05. The lowest BCUT2D eigenvalue weighted by molar-refractivity contribution is -0.303. The number of aryl methyl sites for hydroxylation is 1. The molecule has 1 amide bonds. The van der Waals surface area contributed by atoms with Crippen LogP contribution in [0.25, 0.3) is 0 Å². The Bertz CT molecular complexity index is 701. The first-order chi connectivity index (χ1) is 10.9. The highest BCUT2D eigenvalue weighted by Crippen LogP contribution is 2.41. The minimum atomic E-state index is -5.03. The number of nitrogens with zero attached hydrogens (tertiary/aromatic N) is 4. The van der Waals surface area contributed by atoms with Gasteiger partial charge in [0.05, 0.1) is 16.4 Å². The second kappa shape index (κ2) is 6.03. The fraction of sp³-hybridized carbons (Fsp3) is 0.643. The average Bonchev–Trinajstić information content (AvgIpc) is 2.92. The summed E-state index contributed by atoms with van der Waals surface area (Å²) in [6, 6.07) is -1.06. The standard InChI is InChI=1S/C14H18ClF3N4O2/c1-5-10(21-9(4)11(15)8(3)20-21)12(23)22-13(24,14(16,17)18)6-7(2)19-22/h10,24H,5-6H2,1-4H3/t10-,13-/m0/s1. The van der Waals surface area contributed by atoms with E-state index in [-0.39, 0.29) is 17.1 Å². The SMILES string of the molecule is CC[C@@H](C(=O)N1N=C(C)C[C@]1(O)C(F)(F)F)n1nc(C)c(Cl)c1C. The van der Waals surface area contributed by atoms with Crippen molar-refractivity contribution >= 4 is 23.2 Å². The van der Waals surface area contributed by atoms with Crippen molar-refractivity contribution in [2.75, 3.05) is 0 Å². The topological polar surface area (TPSA) is 70.7 Å². The van der Waals surface area contributed by atoms with Gasteiger partial charge in [-0.3, -0.25) is 9.48 Å².